The lowest BCUT2D eigenvalue weighted by molar-refractivity contribution is 0.104. The molecule has 5 heteroatoms. The molecule has 0 saturated carbocycles. The predicted molar refractivity (Wildman–Crippen MR) is 64.1 cm³/mol. The van der Waals surface area contributed by atoms with Crippen molar-refractivity contribution in [3.05, 3.63) is 11.9 Å². The van der Waals surface area contributed by atoms with Crippen molar-refractivity contribution in [1.29, 1.82) is 0 Å². The number of piperidine rings is 1. The zero-order valence-corrected chi connectivity index (χ0v) is 10.7. The summed E-state index contributed by atoms with van der Waals surface area (Å²) in [6, 6.07) is 0.128. The van der Waals surface area contributed by atoms with E-state index in [1.807, 2.05) is 13.8 Å². The number of aromatic nitrogens is 2. The summed E-state index contributed by atoms with van der Waals surface area (Å²) in [6.45, 7) is 5.21. The van der Waals surface area contributed by atoms with Gasteiger partial charge in [0.1, 0.15) is 5.69 Å². The SMILES string of the molecule is COc1cnn(C(C)C)c1C1(F)CCCNC1. The van der Waals surface area contributed by atoms with Gasteiger partial charge < -0.3 is 10.1 Å². The Kier molecular flexibility index (Phi) is 3.38. The number of nitrogens with zero attached hydrogens (tertiary/aromatic N) is 2. The Morgan fingerprint density at radius 2 is 2.35 bits per heavy atom. The summed E-state index contributed by atoms with van der Waals surface area (Å²) in [6.07, 6.45) is 2.96. The minimum Gasteiger partial charge on any atom is -0.493 e. The molecule has 1 saturated heterocycles. The molecule has 1 aromatic heterocycles. The molecule has 0 aliphatic carbocycles. The van der Waals surface area contributed by atoms with Crippen molar-refractivity contribution >= 4 is 0 Å². The van der Waals surface area contributed by atoms with E-state index in [1.165, 1.54) is 0 Å². The molecular weight excluding hydrogens is 221 g/mol. The van der Waals surface area contributed by atoms with Gasteiger partial charge in [-0.3, -0.25) is 4.68 Å². The van der Waals surface area contributed by atoms with E-state index in [0.29, 0.717) is 24.4 Å². The Morgan fingerprint density at radius 3 is 2.88 bits per heavy atom. The van der Waals surface area contributed by atoms with Crippen LogP contribution in [0.25, 0.3) is 0 Å². The molecule has 0 spiro atoms. The summed E-state index contributed by atoms with van der Waals surface area (Å²) in [5, 5.41) is 7.34. The molecule has 1 aliphatic rings. The minimum atomic E-state index is -1.37. The Bertz CT molecular complexity index is 383. The maximum atomic E-state index is 15.0. The van der Waals surface area contributed by atoms with Gasteiger partial charge in [0.15, 0.2) is 11.4 Å². The number of methoxy groups -OCH3 is 1. The highest BCUT2D eigenvalue weighted by Gasteiger charge is 2.40. The van der Waals surface area contributed by atoms with Gasteiger partial charge in [-0.15, -0.1) is 0 Å². The first-order chi connectivity index (χ1) is 8.08. The van der Waals surface area contributed by atoms with Gasteiger partial charge in [0.25, 0.3) is 0 Å². The topological polar surface area (TPSA) is 39.1 Å². The Balaban J connectivity index is 2.43. The fourth-order valence-corrected chi connectivity index (χ4v) is 2.38. The second kappa shape index (κ2) is 4.64. The number of ether oxygens (including phenoxy) is 1. The maximum Gasteiger partial charge on any atom is 0.168 e. The molecule has 1 fully saturated rings. The molecule has 17 heavy (non-hydrogen) atoms. The summed E-state index contributed by atoms with van der Waals surface area (Å²) in [5.41, 5.74) is -0.799. The van der Waals surface area contributed by atoms with E-state index in [1.54, 1.807) is 18.0 Å². The molecule has 1 aromatic rings. The quantitative estimate of drug-likeness (QED) is 0.880. The van der Waals surface area contributed by atoms with E-state index in [4.69, 9.17) is 4.74 Å². The molecule has 1 aliphatic heterocycles. The highest BCUT2D eigenvalue weighted by atomic mass is 19.1. The molecule has 0 radical (unpaired) electrons. The molecule has 2 heterocycles. The van der Waals surface area contributed by atoms with E-state index in [2.05, 4.69) is 10.4 Å². The average molecular weight is 241 g/mol. The lowest BCUT2D eigenvalue weighted by atomic mass is 9.92. The molecule has 1 unspecified atom stereocenters. The van der Waals surface area contributed by atoms with Crippen LogP contribution in [0, 0.1) is 0 Å². The van der Waals surface area contributed by atoms with Gasteiger partial charge in [-0.1, -0.05) is 0 Å². The maximum absolute atomic E-state index is 15.0. The molecule has 0 amide bonds. The van der Waals surface area contributed by atoms with Gasteiger partial charge in [0.05, 0.1) is 13.3 Å². The van der Waals surface area contributed by atoms with Gasteiger partial charge in [-0.2, -0.15) is 5.10 Å². The van der Waals surface area contributed by atoms with Crippen LogP contribution in [0.15, 0.2) is 6.20 Å². The lowest BCUT2D eigenvalue weighted by Crippen LogP contribution is -2.41. The molecular formula is C12H20FN3O. The van der Waals surface area contributed by atoms with Crippen molar-refractivity contribution in [3.8, 4) is 5.75 Å². The number of nitrogens with one attached hydrogen (secondary N) is 1. The molecule has 1 atom stereocenters. The van der Waals surface area contributed by atoms with Crippen LogP contribution in [0.1, 0.15) is 38.4 Å². The highest BCUT2D eigenvalue weighted by Crippen LogP contribution is 2.39. The van der Waals surface area contributed by atoms with E-state index >= 15 is 4.39 Å². The molecule has 96 valence electrons. The fraction of sp³-hybridized carbons (Fsp3) is 0.750. The van der Waals surface area contributed by atoms with Crippen molar-refractivity contribution < 1.29 is 9.13 Å². The van der Waals surface area contributed by atoms with Crippen molar-refractivity contribution in [2.45, 2.75) is 38.4 Å². The summed E-state index contributed by atoms with van der Waals surface area (Å²) in [7, 11) is 1.56. The molecule has 0 aromatic carbocycles. The largest absolute Gasteiger partial charge is 0.493 e. The second-order valence-electron chi connectivity index (χ2n) is 4.85. The van der Waals surface area contributed by atoms with Crippen LogP contribution in [-0.4, -0.2) is 30.0 Å². The normalized spacial score (nSPS) is 25.2. The Morgan fingerprint density at radius 1 is 1.59 bits per heavy atom. The van der Waals surface area contributed by atoms with Gasteiger partial charge >= 0.3 is 0 Å². The van der Waals surface area contributed by atoms with Gasteiger partial charge in [-0.05, 0) is 33.2 Å². The van der Waals surface area contributed by atoms with Crippen molar-refractivity contribution in [1.82, 2.24) is 15.1 Å². The summed E-state index contributed by atoms with van der Waals surface area (Å²) >= 11 is 0. The van der Waals surface area contributed by atoms with Crippen LogP contribution in [0.5, 0.6) is 5.75 Å². The third-order valence-corrected chi connectivity index (χ3v) is 3.23. The van der Waals surface area contributed by atoms with E-state index in [-0.39, 0.29) is 6.04 Å². The number of hydrogen-bond donors (Lipinski definition) is 1. The van der Waals surface area contributed by atoms with E-state index in [0.717, 1.165) is 13.0 Å². The smallest absolute Gasteiger partial charge is 0.168 e. The third kappa shape index (κ3) is 2.16. The van der Waals surface area contributed by atoms with Crippen LogP contribution in [-0.2, 0) is 5.67 Å². The van der Waals surface area contributed by atoms with E-state index in [9.17, 15) is 0 Å². The molecule has 4 nitrogen and oxygen atoms in total. The first kappa shape index (κ1) is 12.4. The first-order valence-corrected chi connectivity index (χ1v) is 6.10. The van der Waals surface area contributed by atoms with Gasteiger partial charge in [-0.25, -0.2) is 4.39 Å². The lowest BCUT2D eigenvalue weighted by Gasteiger charge is -2.31. The Labute approximate surface area is 101 Å². The fourth-order valence-electron chi connectivity index (χ4n) is 2.38. The van der Waals surface area contributed by atoms with Crippen LogP contribution < -0.4 is 10.1 Å². The molecule has 1 N–H and O–H groups in total. The number of alkyl halides is 1. The van der Waals surface area contributed by atoms with Crippen LogP contribution in [0.2, 0.25) is 0 Å². The number of rotatable bonds is 3. The minimum absolute atomic E-state index is 0.128. The molecule has 0 bridgehead atoms. The van der Waals surface area contributed by atoms with Crippen LogP contribution in [0.4, 0.5) is 4.39 Å². The van der Waals surface area contributed by atoms with Crippen molar-refractivity contribution in [2.75, 3.05) is 20.2 Å². The zero-order chi connectivity index (χ0) is 12.5. The summed E-state index contributed by atoms with van der Waals surface area (Å²) in [4.78, 5) is 0. The van der Waals surface area contributed by atoms with Crippen LogP contribution >= 0.6 is 0 Å². The predicted octanol–water partition coefficient (Wildman–Crippen LogP) is 2.02. The highest BCUT2D eigenvalue weighted by molar-refractivity contribution is 5.32. The van der Waals surface area contributed by atoms with Gasteiger partial charge in [0, 0.05) is 12.6 Å². The van der Waals surface area contributed by atoms with Crippen molar-refractivity contribution in [2.24, 2.45) is 0 Å². The van der Waals surface area contributed by atoms with E-state index < -0.39 is 5.67 Å². The first-order valence-electron chi connectivity index (χ1n) is 6.10. The standard InChI is InChI=1S/C12H20FN3O/c1-9(2)16-11(10(17-3)7-15-16)12(13)5-4-6-14-8-12/h7,9,14H,4-6,8H2,1-3H3. The monoisotopic (exact) mass is 241 g/mol. The van der Waals surface area contributed by atoms with Gasteiger partial charge in [0.2, 0.25) is 0 Å². The number of hydrogen-bond acceptors (Lipinski definition) is 3. The Hall–Kier alpha value is -1.10. The zero-order valence-electron chi connectivity index (χ0n) is 10.7. The second-order valence-corrected chi connectivity index (χ2v) is 4.85. The summed E-state index contributed by atoms with van der Waals surface area (Å²) in [5.74, 6) is 0.546. The number of halogens is 1. The van der Waals surface area contributed by atoms with Crippen molar-refractivity contribution in [3.63, 3.8) is 0 Å². The molecule has 2 rings (SSSR count). The third-order valence-electron chi connectivity index (χ3n) is 3.23. The van der Waals surface area contributed by atoms with Crippen LogP contribution in [0.3, 0.4) is 0 Å². The average Bonchev–Trinajstić information content (AvgIpc) is 2.74. The summed E-state index contributed by atoms with van der Waals surface area (Å²) < 4.78 is 22.0.